The highest BCUT2D eigenvalue weighted by molar-refractivity contribution is 6.99. The maximum atomic E-state index is 12.5. The topological polar surface area (TPSA) is 66.4 Å². The van der Waals surface area contributed by atoms with Crippen LogP contribution >= 0.6 is 0 Å². The normalized spacial score (nSPS) is 21.7. The van der Waals surface area contributed by atoms with Gasteiger partial charge in [-0.2, -0.15) is 0 Å². The molecular formula is C52H74O6Si2. The molecule has 1 heterocycles. The number of aliphatic hydroxyl groups is 1. The Labute approximate surface area is 364 Å². The molecule has 1 unspecified atom stereocenters. The van der Waals surface area contributed by atoms with E-state index in [4.69, 9.17) is 23.1 Å². The zero-order chi connectivity index (χ0) is 43.6. The van der Waals surface area contributed by atoms with Gasteiger partial charge in [-0.1, -0.05) is 176 Å². The van der Waals surface area contributed by atoms with Crippen LogP contribution in [0.1, 0.15) is 92.7 Å². The molecule has 4 aromatic carbocycles. The lowest BCUT2D eigenvalue weighted by atomic mass is 9.82. The van der Waals surface area contributed by atoms with Crippen LogP contribution in [-0.4, -0.2) is 65.0 Å². The van der Waals surface area contributed by atoms with Crippen LogP contribution in [0.2, 0.25) is 23.2 Å². The lowest BCUT2D eigenvalue weighted by molar-refractivity contribution is -0.250. The van der Waals surface area contributed by atoms with Crippen LogP contribution in [0.5, 0.6) is 0 Å². The van der Waals surface area contributed by atoms with Crippen LogP contribution in [0.25, 0.3) is 0 Å². The van der Waals surface area contributed by atoms with E-state index in [2.05, 4.69) is 159 Å². The van der Waals surface area contributed by atoms with E-state index >= 15 is 0 Å². The highest BCUT2D eigenvalue weighted by Gasteiger charge is 2.53. The first-order valence-electron chi connectivity index (χ1n) is 22.1. The zero-order valence-corrected chi connectivity index (χ0v) is 40.4. The van der Waals surface area contributed by atoms with Crippen molar-refractivity contribution < 1.29 is 28.2 Å². The molecule has 6 atom stereocenters. The van der Waals surface area contributed by atoms with E-state index in [0.717, 1.165) is 23.1 Å². The summed E-state index contributed by atoms with van der Waals surface area (Å²) in [5.41, 5.74) is 2.44. The molecule has 1 aliphatic rings. The van der Waals surface area contributed by atoms with Gasteiger partial charge in [-0.25, -0.2) is 0 Å². The molecule has 0 aliphatic carbocycles. The van der Waals surface area contributed by atoms with Crippen molar-refractivity contribution in [3.8, 4) is 0 Å². The van der Waals surface area contributed by atoms with Crippen molar-refractivity contribution in [2.75, 3.05) is 13.2 Å². The molecular weight excluding hydrogens is 777 g/mol. The van der Waals surface area contributed by atoms with E-state index < -0.39 is 34.4 Å². The average molecular weight is 851 g/mol. The van der Waals surface area contributed by atoms with Gasteiger partial charge in [-0.05, 0) is 82.9 Å². The van der Waals surface area contributed by atoms with Crippen LogP contribution in [0, 0.1) is 5.92 Å². The van der Waals surface area contributed by atoms with Crippen molar-refractivity contribution in [1.29, 1.82) is 0 Å². The summed E-state index contributed by atoms with van der Waals surface area (Å²) in [6, 6.07) is 42.1. The lowest BCUT2D eigenvalue weighted by Gasteiger charge is -2.52. The molecule has 6 nitrogen and oxygen atoms in total. The monoisotopic (exact) mass is 851 g/mol. The van der Waals surface area contributed by atoms with E-state index in [0.29, 0.717) is 39.3 Å². The molecule has 60 heavy (non-hydrogen) atoms. The van der Waals surface area contributed by atoms with Crippen LogP contribution in [-0.2, 0) is 36.3 Å². The Morgan fingerprint density at radius 3 is 1.78 bits per heavy atom. The number of aliphatic hydroxyl groups excluding tert-OH is 1. The van der Waals surface area contributed by atoms with Crippen molar-refractivity contribution in [2.45, 2.75) is 148 Å². The number of hydrogen-bond donors (Lipinski definition) is 1. The average Bonchev–Trinajstić information content (AvgIpc) is 3.21. The molecule has 0 bridgehead atoms. The molecule has 5 rings (SSSR count). The van der Waals surface area contributed by atoms with Gasteiger partial charge in [-0.3, -0.25) is 0 Å². The third-order valence-electron chi connectivity index (χ3n) is 12.8. The minimum absolute atomic E-state index is 0.0275. The summed E-state index contributed by atoms with van der Waals surface area (Å²) in [4.78, 5) is 0. The van der Waals surface area contributed by atoms with E-state index in [-0.39, 0.29) is 28.2 Å². The minimum atomic E-state index is -2.73. The molecule has 0 spiro atoms. The van der Waals surface area contributed by atoms with Crippen molar-refractivity contribution in [1.82, 2.24) is 0 Å². The van der Waals surface area contributed by atoms with Gasteiger partial charge in [0, 0.05) is 19.6 Å². The summed E-state index contributed by atoms with van der Waals surface area (Å²) in [5, 5.41) is 14.8. The highest BCUT2D eigenvalue weighted by Crippen LogP contribution is 2.44. The number of hydrogen-bond acceptors (Lipinski definition) is 6. The zero-order valence-electron chi connectivity index (χ0n) is 38.4. The van der Waals surface area contributed by atoms with Gasteiger partial charge in [0.15, 0.2) is 8.32 Å². The SMILES string of the molecule is C/C(=C\[C@@H](C)CO[Si](c1ccccc1)(c1ccccc1)C(C)(C)C)C(O)[C@H]1O[C@@](C)(CCCOCc2ccccc2)[C@H](OCc2ccccc2)C[C@@H]1O[Si](C)(C)C(C)(C)C. The predicted molar refractivity (Wildman–Crippen MR) is 253 cm³/mol. The van der Waals surface area contributed by atoms with Crippen molar-refractivity contribution in [3.05, 3.63) is 144 Å². The second-order valence-electron chi connectivity index (χ2n) is 19.8. The quantitative estimate of drug-likeness (QED) is 0.0576. The fraction of sp³-hybridized carbons (Fsp3) is 0.500. The molecule has 1 N–H and O–H groups in total. The smallest absolute Gasteiger partial charge is 0.261 e. The lowest BCUT2D eigenvalue weighted by Crippen LogP contribution is -2.66. The van der Waals surface area contributed by atoms with Crippen molar-refractivity contribution in [3.63, 3.8) is 0 Å². The summed E-state index contributed by atoms with van der Waals surface area (Å²) >= 11 is 0. The Balaban J connectivity index is 1.41. The van der Waals surface area contributed by atoms with E-state index in [9.17, 15) is 5.11 Å². The number of benzene rings is 4. The third-order valence-corrected chi connectivity index (χ3v) is 22.3. The Bertz CT molecular complexity index is 1850. The van der Waals surface area contributed by atoms with Gasteiger partial charge in [0.25, 0.3) is 8.32 Å². The second-order valence-corrected chi connectivity index (χ2v) is 28.8. The Hall–Kier alpha value is -3.19. The van der Waals surface area contributed by atoms with Gasteiger partial charge < -0.3 is 28.2 Å². The summed E-state index contributed by atoms with van der Waals surface area (Å²) in [7, 11) is -5.03. The molecule has 0 aromatic heterocycles. The van der Waals surface area contributed by atoms with Crippen molar-refractivity contribution in [2.24, 2.45) is 5.92 Å². The summed E-state index contributed by atoms with van der Waals surface area (Å²) in [6.07, 6.45) is 2.19. The first-order chi connectivity index (χ1) is 28.4. The van der Waals surface area contributed by atoms with Gasteiger partial charge in [0.2, 0.25) is 0 Å². The summed E-state index contributed by atoms with van der Waals surface area (Å²) in [5.74, 6) is 0.0275. The van der Waals surface area contributed by atoms with Gasteiger partial charge in [0.1, 0.15) is 12.2 Å². The Morgan fingerprint density at radius 1 is 0.783 bits per heavy atom. The molecule has 1 aliphatic heterocycles. The number of ether oxygens (including phenoxy) is 3. The van der Waals surface area contributed by atoms with Gasteiger partial charge in [0.05, 0.1) is 31.0 Å². The van der Waals surface area contributed by atoms with Crippen LogP contribution in [0.3, 0.4) is 0 Å². The molecule has 1 fully saturated rings. The predicted octanol–water partition coefficient (Wildman–Crippen LogP) is 11.0. The van der Waals surface area contributed by atoms with E-state index in [1.807, 2.05) is 43.3 Å². The molecule has 8 heteroatoms. The second kappa shape index (κ2) is 20.8. The fourth-order valence-electron chi connectivity index (χ4n) is 8.39. The Morgan fingerprint density at radius 2 is 1.28 bits per heavy atom. The van der Waals surface area contributed by atoms with Crippen LogP contribution in [0.4, 0.5) is 0 Å². The maximum absolute atomic E-state index is 12.5. The van der Waals surface area contributed by atoms with Gasteiger partial charge in [-0.15, -0.1) is 0 Å². The minimum Gasteiger partial charge on any atom is -0.411 e. The first kappa shape index (κ1) is 47.9. The standard InChI is InChI=1S/C52H74O6Si2/c1-40(37-56-60(51(6,7)8,44-29-20-14-21-30-44)45-31-22-15-23-32-45)35-41(2)48(53)49-46(58-59(10,11)50(3,4)5)36-47(55-39-43-27-18-13-19-28-43)52(9,57-49)33-24-34-54-38-42-25-16-12-17-26-42/h12-23,25-32,35,40,46-49,53H,24,33-34,36-39H2,1-11H3/b41-35+/t40-,46+,47-,48?,49+,52+/m1/s1. The fourth-order valence-corrected chi connectivity index (χ4v) is 14.4. The molecule has 0 radical (unpaired) electrons. The molecule has 0 saturated carbocycles. The van der Waals surface area contributed by atoms with Crippen LogP contribution < -0.4 is 10.4 Å². The summed E-state index contributed by atoms with van der Waals surface area (Å²) in [6.45, 7) is 26.8. The molecule has 1 saturated heterocycles. The first-order valence-corrected chi connectivity index (χ1v) is 26.9. The van der Waals surface area contributed by atoms with E-state index in [1.54, 1.807) is 0 Å². The number of rotatable bonds is 19. The third kappa shape index (κ3) is 12.0. The molecule has 4 aromatic rings. The van der Waals surface area contributed by atoms with Crippen molar-refractivity contribution >= 4 is 27.0 Å². The Kier molecular flexibility index (Phi) is 16.6. The van der Waals surface area contributed by atoms with Crippen LogP contribution in [0.15, 0.2) is 133 Å². The highest BCUT2D eigenvalue weighted by atomic mass is 28.4. The molecule has 326 valence electrons. The van der Waals surface area contributed by atoms with E-state index in [1.165, 1.54) is 10.4 Å². The summed E-state index contributed by atoms with van der Waals surface area (Å²) < 4.78 is 34.8. The molecule has 0 amide bonds. The van der Waals surface area contributed by atoms with Gasteiger partial charge >= 0.3 is 0 Å². The largest absolute Gasteiger partial charge is 0.411 e. The maximum Gasteiger partial charge on any atom is 0.261 e.